The molecule has 4 heteroatoms. The molecule has 1 saturated heterocycles. The molecule has 22 heavy (non-hydrogen) atoms. The Morgan fingerprint density at radius 3 is 2.86 bits per heavy atom. The summed E-state index contributed by atoms with van der Waals surface area (Å²) in [6, 6.07) is 6.68. The number of aromatic amines is 1. The summed E-state index contributed by atoms with van der Waals surface area (Å²) in [7, 11) is 0. The summed E-state index contributed by atoms with van der Waals surface area (Å²) in [5, 5.41) is 4.81. The first-order valence-corrected chi connectivity index (χ1v) is 8.42. The lowest BCUT2D eigenvalue weighted by Crippen LogP contribution is -2.36. The third-order valence-electron chi connectivity index (χ3n) is 5.11. The van der Waals surface area contributed by atoms with Crippen LogP contribution in [0.4, 0.5) is 0 Å². The molecule has 0 bridgehead atoms. The second-order valence-corrected chi connectivity index (χ2v) is 6.53. The van der Waals surface area contributed by atoms with Gasteiger partial charge < -0.3 is 15.2 Å². The number of nitrogens with zero attached hydrogens (tertiary/aromatic N) is 1. The van der Waals surface area contributed by atoms with E-state index in [2.05, 4.69) is 35.4 Å². The summed E-state index contributed by atoms with van der Waals surface area (Å²) >= 11 is 0. The maximum atomic E-state index is 13.0. The fourth-order valence-corrected chi connectivity index (χ4v) is 3.92. The second kappa shape index (κ2) is 5.43. The van der Waals surface area contributed by atoms with Crippen LogP contribution in [0.2, 0.25) is 0 Å². The van der Waals surface area contributed by atoms with Crippen molar-refractivity contribution in [1.82, 2.24) is 15.2 Å². The van der Waals surface area contributed by atoms with Crippen LogP contribution in [-0.4, -0.2) is 35.4 Å². The quantitative estimate of drug-likeness (QED) is 0.850. The summed E-state index contributed by atoms with van der Waals surface area (Å²) in [6.07, 6.45) is 4.42. The van der Waals surface area contributed by atoms with E-state index in [1.807, 2.05) is 4.90 Å². The van der Waals surface area contributed by atoms with Crippen LogP contribution in [0.25, 0.3) is 10.9 Å². The van der Waals surface area contributed by atoms with Crippen LogP contribution in [0.3, 0.4) is 0 Å². The normalized spacial score (nSPS) is 21.9. The first-order valence-electron chi connectivity index (χ1n) is 8.42. The predicted octanol–water partition coefficient (Wildman–Crippen LogP) is 3.00. The van der Waals surface area contributed by atoms with E-state index in [-0.39, 0.29) is 5.91 Å². The Bertz CT molecular complexity index is 712. The molecule has 2 N–H and O–H groups in total. The number of rotatable bonds is 1. The van der Waals surface area contributed by atoms with Crippen LogP contribution >= 0.6 is 0 Å². The van der Waals surface area contributed by atoms with Crippen LogP contribution in [-0.2, 0) is 6.42 Å². The number of H-pyrrole nitrogens is 1. The molecule has 4 nitrogen and oxygen atoms in total. The molecule has 0 spiro atoms. The highest BCUT2D eigenvalue weighted by atomic mass is 16.2. The topological polar surface area (TPSA) is 48.1 Å². The van der Waals surface area contributed by atoms with Crippen LogP contribution < -0.4 is 5.32 Å². The molecule has 2 aliphatic rings. The minimum absolute atomic E-state index is 0.186. The summed E-state index contributed by atoms with van der Waals surface area (Å²) < 4.78 is 0. The monoisotopic (exact) mass is 297 g/mol. The second-order valence-electron chi connectivity index (χ2n) is 6.53. The first-order chi connectivity index (χ1) is 10.8. The average Bonchev–Trinajstić information content (AvgIpc) is 2.84. The predicted molar refractivity (Wildman–Crippen MR) is 88.2 cm³/mol. The molecule has 1 amide bonds. The van der Waals surface area contributed by atoms with Gasteiger partial charge in [0.05, 0.1) is 0 Å². The molecule has 2 aliphatic heterocycles. The Balaban J connectivity index is 1.83. The minimum Gasteiger partial charge on any atom is -0.350 e. The molecule has 0 aliphatic carbocycles. The van der Waals surface area contributed by atoms with E-state index >= 15 is 0 Å². The van der Waals surface area contributed by atoms with Crippen LogP contribution in [0.5, 0.6) is 0 Å². The molecular formula is C18H23N3O. The van der Waals surface area contributed by atoms with Gasteiger partial charge in [0, 0.05) is 30.0 Å². The summed E-state index contributed by atoms with van der Waals surface area (Å²) in [4.78, 5) is 18.4. The minimum atomic E-state index is 0.186. The van der Waals surface area contributed by atoms with E-state index < -0.39 is 0 Å². The summed E-state index contributed by atoms with van der Waals surface area (Å²) in [5.41, 5.74) is 4.43. The third-order valence-corrected chi connectivity index (χ3v) is 5.11. The van der Waals surface area contributed by atoms with Crippen molar-refractivity contribution in [2.75, 3.05) is 19.6 Å². The molecule has 4 rings (SSSR count). The number of benzene rings is 1. The smallest absolute Gasteiger partial charge is 0.270 e. The van der Waals surface area contributed by atoms with E-state index in [0.29, 0.717) is 6.04 Å². The number of amides is 1. The van der Waals surface area contributed by atoms with Gasteiger partial charge in [0.15, 0.2) is 0 Å². The molecule has 1 unspecified atom stereocenters. The Kier molecular flexibility index (Phi) is 3.41. The number of aromatic nitrogens is 1. The van der Waals surface area contributed by atoms with Gasteiger partial charge in [0.1, 0.15) is 5.69 Å². The highest BCUT2D eigenvalue weighted by Gasteiger charge is 2.27. The molecule has 0 radical (unpaired) electrons. The highest BCUT2D eigenvalue weighted by molar-refractivity contribution is 6.02. The lowest BCUT2D eigenvalue weighted by molar-refractivity contribution is 0.0718. The van der Waals surface area contributed by atoms with Crippen molar-refractivity contribution < 1.29 is 4.79 Å². The Morgan fingerprint density at radius 2 is 2.05 bits per heavy atom. The van der Waals surface area contributed by atoms with Gasteiger partial charge in [-0.1, -0.05) is 12.1 Å². The molecule has 1 fully saturated rings. The zero-order valence-electron chi connectivity index (χ0n) is 13.1. The van der Waals surface area contributed by atoms with Crippen LogP contribution in [0.15, 0.2) is 18.2 Å². The lowest BCUT2D eigenvalue weighted by atomic mass is 10.00. The van der Waals surface area contributed by atoms with Gasteiger partial charge in [-0.2, -0.15) is 0 Å². The Morgan fingerprint density at radius 1 is 1.23 bits per heavy atom. The van der Waals surface area contributed by atoms with Gasteiger partial charge in [0.2, 0.25) is 0 Å². The fourth-order valence-electron chi connectivity index (χ4n) is 3.92. The van der Waals surface area contributed by atoms with Gasteiger partial charge in [-0.3, -0.25) is 4.79 Å². The number of nitrogens with one attached hydrogen (secondary N) is 2. The van der Waals surface area contributed by atoms with Crippen molar-refractivity contribution >= 4 is 16.8 Å². The molecule has 0 saturated carbocycles. The number of carbonyl (C=O) groups excluding carboxylic acids is 1. The van der Waals surface area contributed by atoms with Gasteiger partial charge in [-0.05, 0) is 56.3 Å². The maximum Gasteiger partial charge on any atom is 0.270 e. The highest BCUT2D eigenvalue weighted by Crippen LogP contribution is 2.33. The van der Waals surface area contributed by atoms with Crippen molar-refractivity contribution in [1.29, 1.82) is 0 Å². The summed E-state index contributed by atoms with van der Waals surface area (Å²) in [5.74, 6) is 0.186. The zero-order valence-corrected chi connectivity index (χ0v) is 13.1. The van der Waals surface area contributed by atoms with Crippen molar-refractivity contribution in [3.05, 3.63) is 35.0 Å². The van der Waals surface area contributed by atoms with Crippen molar-refractivity contribution in [2.24, 2.45) is 0 Å². The summed E-state index contributed by atoms with van der Waals surface area (Å²) in [6.45, 7) is 4.91. The van der Waals surface area contributed by atoms with Crippen LogP contribution in [0, 0.1) is 0 Å². The van der Waals surface area contributed by atoms with E-state index in [4.69, 9.17) is 0 Å². The third kappa shape index (κ3) is 2.13. The molecular weight excluding hydrogens is 274 g/mol. The number of carbonyl (C=O) groups is 1. The fraction of sp³-hybridized carbons (Fsp3) is 0.500. The van der Waals surface area contributed by atoms with E-state index in [1.54, 1.807) is 0 Å². The van der Waals surface area contributed by atoms with E-state index in [9.17, 15) is 4.79 Å². The molecule has 2 aromatic rings. The average molecular weight is 297 g/mol. The van der Waals surface area contributed by atoms with Crippen molar-refractivity contribution in [3.63, 3.8) is 0 Å². The van der Waals surface area contributed by atoms with Gasteiger partial charge >= 0.3 is 0 Å². The molecule has 1 aromatic heterocycles. The number of piperidine rings is 1. The van der Waals surface area contributed by atoms with E-state index in [1.165, 1.54) is 22.9 Å². The maximum absolute atomic E-state index is 13.0. The van der Waals surface area contributed by atoms with E-state index in [0.717, 1.165) is 50.1 Å². The zero-order chi connectivity index (χ0) is 15.1. The number of hydrogen-bond donors (Lipinski definition) is 2. The number of likely N-dealkylation sites (tertiary alicyclic amines) is 1. The Hall–Kier alpha value is -1.81. The molecule has 116 valence electrons. The molecule has 1 atom stereocenters. The SMILES string of the molecule is CC1NCCc2c(C(=O)N3CCCCC3)[nH]c3cccc1c23. The largest absolute Gasteiger partial charge is 0.350 e. The van der Waals surface area contributed by atoms with Crippen molar-refractivity contribution in [3.8, 4) is 0 Å². The lowest BCUT2D eigenvalue weighted by Gasteiger charge is -2.26. The van der Waals surface area contributed by atoms with Gasteiger partial charge in [0.25, 0.3) is 5.91 Å². The van der Waals surface area contributed by atoms with Crippen LogP contribution in [0.1, 0.15) is 53.8 Å². The van der Waals surface area contributed by atoms with Gasteiger partial charge in [-0.15, -0.1) is 0 Å². The Labute approximate surface area is 130 Å². The van der Waals surface area contributed by atoms with Gasteiger partial charge in [-0.25, -0.2) is 0 Å². The standard InChI is InChI=1S/C18H23N3O/c1-12-13-6-5-7-15-16(13)14(8-9-19-12)17(20-15)18(22)21-10-3-2-4-11-21/h5-7,12,19-20H,2-4,8-11H2,1H3. The number of hydrogen-bond acceptors (Lipinski definition) is 2. The first kappa shape index (κ1) is 13.8. The molecule has 1 aromatic carbocycles. The van der Waals surface area contributed by atoms with Crippen molar-refractivity contribution in [2.45, 2.75) is 38.6 Å². The molecule has 3 heterocycles.